The number of benzene rings is 1. The van der Waals surface area contributed by atoms with E-state index < -0.39 is 5.82 Å². The second-order valence-electron chi connectivity index (χ2n) is 4.87. The standard InChI is InChI=1S/C14H17BrFNO2/c1-19-9-10-3-2-4-17(8-10)14(18)11-5-12(15)7-13(16)6-11/h5-7,10H,2-4,8-9H2,1H3/t10-/m0/s1. The van der Waals surface area contributed by atoms with Crippen molar-refractivity contribution in [3.63, 3.8) is 0 Å². The van der Waals surface area contributed by atoms with Gasteiger partial charge in [-0.05, 0) is 37.0 Å². The summed E-state index contributed by atoms with van der Waals surface area (Å²) in [7, 11) is 1.67. The zero-order valence-corrected chi connectivity index (χ0v) is 12.5. The van der Waals surface area contributed by atoms with Gasteiger partial charge in [0.05, 0.1) is 6.61 Å². The normalized spacial score (nSPS) is 19.5. The Balaban J connectivity index is 2.10. The van der Waals surface area contributed by atoms with Crippen molar-refractivity contribution in [1.29, 1.82) is 0 Å². The van der Waals surface area contributed by atoms with Gasteiger partial charge in [-0.2, -0.15) is 0 Å². The van der Waals surface area contributed by atoms with Crippen molar-refractivity contribution in [3.8, 4) is 0 Å². The fourth-order valence-electron chi connectivity index (χ4n) is 2.48. The summed E-state index contributed by atoms with van der Waals surface area (Å²) < 4.78 is 19.1. The first kappa shape index (κ1) is 14.5. The van der Waals surface area contributed by atoms with Crippen LogP contribution in [0.15, 0.2) is 22.7 Å². The van der Waals surface area contributed by atoms with E-state index in [1.807, 2.05) is 0 Å². The van der Waals surface area contributed by atoms with Gasteiger partial charge in [0.2, 0.25) is 0 Å². The minimum Gasteiger partial charge on any atom is -0.384 e. The van der Waals surface area contributed by atoms with Gasteiger partial charge in [0.25, 0.3) is 5.91 Å². The summed E-state index contributed by atoms with van der Waals surface area (Å²) in [4.78, 5) is 14.1. The van der Waals surface area contributed by atoms with Gasteiger partial charge in [-0.15, -0.1) is 0 Å². The first-order valence-corrected chi connectivity index (χ1v) is 7.13. The number of hydrogen-bond acceptors (Lipinski definition) is 2. The molecule has 0 radical (unpaired) electrons. The third-order valence-electron chi connectivity index (χ3n) is 3.32. The molecule has 5 heteroatoms. The number of piperidine rings is 1. The van der Waals surface area contributed by atoms with Gasteiger partial charge in [0.15, 0.2) is 0 Å². The van der Waals surface area contributed by atoms with Crippen LogP contribution in [0.3, 0.4) is 0 Å². The van der Waals surface area contributed by atoms with Crippen LogP contribution >= 0.6 is 15.9 Å². The fourth-order valence-corrected chi connectivity index (χ4v) is 2.95. The van der Waals surface area contributed by atoms with Crippen LogP contribution < -0.4 is 0 Å². The van der Waals surface area contributed by atoms with Crippen LogP contribution in [-0.4, -0.2) is 37.6 Å². The number of hydrogen-bond donors (Lipinski definition) is 0. The van der Waals surface area contributed by atoms with Crippen molar-refractivity contribution in [1.82, 2.24) is 4.90 Å². The van der Waals surface area contributed by atoms with Crippen LogP contribution in [0, 0.1) is 11.7 Å². The van der Waals surface area contributed by atoms with Crippen molar-refractivity contribution in [2.45, 2.75) is 12.8 Å². The summed E-state index contributed by atoms with van der Waals surface area (Å²) in [5.41, 5.74) is 0.393. The number of ether oxygens (including phenoxy) is 1. The van der Waals surface area contributed by atoms with Crippen molar-refractivity contribution in [2.75, 3.05) is 26.8 Å². The molecule has 19 heavy (non-hydrogen) atoms. The molecule has 0 bridgehead atoms. The molecule has 1 saturated heterocycles. The first-order valence-electron chi connectivity index (χ1n) is 6.34. The number of nitrogens with zero attached hydrogens (tertiary/aromatic N) is 1. The highest BCUT2D eigenvalue weighted by Gasteiger charge is 2.24. The Kier molecular flexibility index (Phi) is 4.93. The maximum atomic E-state index is 13.3. The zero-order chi connectivity index (χ0) is 13.8. The molecule has 1 aliphatic rings. The predicted octanol–water partition coefficient (Wildman–Crippen LogP) is 3.09. The van der Waals surface area contributed by atoms with Crippen molar-refractivity contribution < 1.29 is 13.9 Å². The second-order valence-corrected chi connectivity index (χ2v) is 5.79. The lowest BCUT2D eigenvalue weighted by Gasteiger charge is -2.32. The number of halogens is 2. The number of amides is 1. The topological polar surface area (TPSA) is 29.5 Å². The molecule has 2 rings (SSSR count). The molecular formula is C14H17BrFNO2. The van der Waals surface area contributed by atoms with Gasteiger partial charge < -0.3 is 9.64 Å². The molecule has 104 valence electrons. The maximum absolute atomic E-state index is 13.3. The van der Waals surface area contributed by atoms with Crippen molar-refractivity contribution in [2.24, 2.45) is 5.92 Å². The van der Waals surface area contributed by atoms with Crippen molar-refractivity contribution >= 4 is 21.8 Å². The Morgan fingerprint density at radius 3 is 3.00 bits per heavy atom. The second kappa shape index (κ2) is 6.48. The molecule has 1 amide bonds. The summed E-state index contributed by atoms with van der Waals surface area (Å²) in [5, 5.41) is 0. The fraction of sp³-hybridized carbons (Fsp3) is 0.500. The molecule has 0 unspecified atom stereocenters. The van der Waals surface area contributed by atoms with E-state index in [9.17, 15) is 9.18 Å². The minimum atomic E-state index is -0.400. The Labute approximate surface area is 120 Å². The first-order chi connectivity index (χ1) is 9.10. The van der Waals surface area contributed by atoms with Gasteiger partial charge >= 0.3 is 0 Å². The molecule has 1 fully saturated rings. The van der Waals surface area contributed by atoms with E-state index in [2.05, 4.69) is 15.9 Å². The van der Waals surface area contributed by atoms with Gasteiger partial charge in [0.1, 0.15) is 5.82 Å². The van der Waals surface area contributed by atoms with E-state index in [1.165, 1.54) is 12.1 Å². The molecule has 1 aromatic carbocycles. The van der Waals surface area contributed by atoms with Crippen molar-refractivity contribution in [3.05, 3.63) is 34.1 Å². The molecule has 1 aromatic rings. The smallest absolute Gasteiger partial charge is 0.254 e. The number of likely N-dealkylation sites (tertiary alicyclic amines) is 1. The Hall–Kier alpha value is -0.940. The molecule has 0 N–H and O–H groups in total. The van der Waals surface area contributed by atoms with Gasteiger partial charge in [0, 0.05) is 30.2 Å². The van der Waals surface area contributed by atoms with Crippen LogP contribution in [0.5, 0.6) is 0 Å². The monoisotopic (exact) mass is 329 g/mol. The van der Waals surface area contributed by atoms with E-state index in [1.54, 1.807) is 18.1 Å². The van der Waals surface area contributed by atoms with E-state index in [0.29, 0.717) is 29.1 Å². The van der Waals surface area contributed by atoms with Crippen LogP contribution in [0.1, 0.15) is 23.2 Å². The average Bonchev–Trinajstić information content (AvgIpc) is 2.37. The third kappa shape index (κ3) is 3.76. The number of carbonyl (C=O) groups excluding carboxylic acids is 1. The molecule has 1 atom stereocenters. The lowest BCUT2D eigenvalue weighted by atomic mass is 9.98. The SMILES string of the molecule is COC[C@H]1CCCN(C(=O)c2cc(F)cc(Br)c2)C1. The molecule has 1 heterocycles. The van der Waals surface area contributed by atoms with E-state index in [4.69, 9.17) is 4.74 Å². The van der Waals surface area contributed by atoms with E-state index in [-0.39, 0.29) is 5.91 Å². The highest BCUT2D eigenvalue weighted by atomic mass is 79.9. The molecule has 0 spiro atoms. The number of rotatable bonds is 3. The van der Waals surface area contributed by atoms with E-state index >= 15 is 0 Å². The third-order valence-corrected chi connectivity index (χ3v) is 3.78. The molecule has 0 saturated carbocycles. The van der Waals surface area contributed by atoms with Gasteiger partial charge in [-0.1, -0.05) is 15.9 Å². The van der Waals surface area contributed by atoms with Gasteiger partial charge in [-0.3, -0.25) is 4.79 Å². The minimum absolute atomic E-state index is 0.110. The molecule has 3 nitrogen and oxygen atoms in total. The van der Waals surface area contributed by atoms with Crippen LogP contribution in [0.4, 0.5) is 4.39 Å². The highest BCUT2D eigenvalue weighted by molar-refractivity contribution is 9.10. The summed E-state index contributed by atoms with van der Waals surface area (Å²) in [6.07, 6.45) is 2.04. The van der Waals surface area contributed by atoms with Crippen LogP contribution in [0.2, 0.25) is 0 Å². The number of methoxy groups -OCH3 is 1. The summed E-state index contributed by atoms with van der Waals surface area (Å²) in [6, 6.07) is 4.29. The molecule has 0 aromatic heterocycles. The quantitative estimate of drug-likeness (QED) is 0.852. The summed E-state index contributed by atoms with van der Waals surface area (Å²) in [5.74, 6) is -0.135. The Morgan fingerprint density at radius 2 is 2.32 bits per heavy atom. The number of carbonyl (C=O) groups is 1. The lowest BCUT2D eigenvalue weighted by Crippen LogP contribution is -2.41. The van der Waals surface area contributed by atoms with Gasteiger partial charge in [-0.25, -0.2) is 4.39 Å². The van der Waals surface area contributed by atoms with Crippen LogP contribution in [-0.2, 0) is 4.74 Å². The molecule has 1 aliphatic heterocycles. The largest absolute Gasteiger partial charge is 0.384 e. The lowest BCUT2D eigenvalue weighted by molar-refractivity contribution is 0.0570. The summed E-state index contributed by atoms with van der Waals surface area (Å²) >= 11 is 3.21. The maximum Gasteiger partial charge on any atom is 0.254 e. The Morgan fingerprint density at radius 1 is 1.53 bits per heavy atom. The predicted molar refractivity (Wildman–Crippen MR) is 74.6 cm³/mol. The van der Waals surface area contributed by atoms with E-state index in [0.717, 1.165) is 19.4 Å². The van der Waals surface area contributed by atoms with Crippen LogP contribution in [0.25, 0.3) is 0 Å². The highest BCUT2D eigenvalue weighted by Crippen LogP contribution is 2.21. The zero-order valence-electron chi connectivity index (χ0n) is 10.9. The molecular weight excluding hydrogens is 313 g/mol. The average molecular weight is 330 g/mol. The summed E-state index contributed by atoms with van der Waals surface area (Å²) in [6.45, 7) is 2.07. The Bertz CT molecular complexity index is 445. The molecule has 0 aliphatic carbocycles.